The zero-order chi connectivity index (χ0) is 11.7. The van der Waals surface area contributed by atoms with Crippen LogP contribution in [-0.2, 0) is 0 Å². The maximum atomic E-state index is 12.2. The van der Waals surface area contributed by atoms with E-state index in [1.54, 1.807) is 18.2 Å². The molecule has 1 saturated carbocycles. The van der Waals surface area contributed by atoms with Crippen LogP contribution >= 0.6 is 23.2 Å². The van der Waals surface area contributed by atoms with E-state index in [4.69, 9.17) is 23.2 Å². The maximum Gasteiger partial charge on any atom is 0.255 e. The van der Waals surface area contributed by atoms with Crippen molar-refractivity contribution >= 4 is 29.1 Å². The van der Waals surface area contributed by atoms with Crippen molar-refractivity contribution in [2.75, 3.05) is 6.54 Å². The van der Waals surface area contributed by atoms with Gasteiger partial charge >= 0.3 is 0 Å². The highest BCUT2D eigenvalue weighted by atomic mass is 35.5. The van der Waals surface area contributed by atoms with Crippen LogP contribution in [0, 0.1) is 0 Å². The Morgan fingerprint density at radius 3 is 2.62 bits per heavy atom. The predicted molar refractivity (Wildman–Crippen MR) is 66.2 cm³/mol. The van der Waals surface area contributed by atoms with Gasteiger partial charge in [0.15, 0.2) is 0 Å². The van der Waals surface area contributed by atoms with Crippen LogP contribution in [0.1, 0.15) is 30.1 Å². The van der Waals surface area contributed by atoms with Gasteiger partial charge in [-0.25, -0.2) is 0 Å². The minimum Gasteiger partial charge on any atom is -0.336 e. The summed E-state index contributed by atoms with van der Waals surface area (Å²) in [5.41, 5.74) is 0.541. The van der Waals surface area contributed by atoms with Crippen molar-refractivity contribution in [3.63, 3.8) is 0 Å². The normalized spacial score (nSPS) is 14.9. The molecule has 1 amide bonds. The van der Waals surface area contributed by atoms with Gasteiger partial charge in [0, 0.05) is 17.6 Å². The van der Waals surface area contributed by atoms with Gasteiger partial charge in [-0.3, -0.25) is 4.79 Å². The zero-order valence-corrected chi connectivity index (χ0v) is 10.6. The summed E-state index contributed by atoms with van der Waals surface area (Å²) in [6.45, 7) is 2.71. The fourth-order valence-electron chi connectivity index (χ4n) is 1.77. The van der Waals surface area contributed by atoms with E-state index in [-0.39, 0.29) is 5.91 Å². The number of rotatable bonds is 3. The van der Waals surface area contributed by atoms with Crippen molar-refractivity contribution in [1.82, 2.24) is 4.90 Å². The summed E-state index contributed by atoms with van der Waals surface area (Å²) < 4.78 is 0. The Hall–Kier alpha value is -0.730. The molecular weight excluding hydrogens is 245 g/mol. The van der Waals surface area contributed by atoms with Crippen molar-refractivity contribution < 1.29 is 4.79 Å². The number of carbonyl (C=O) groups is 1. The van der Waals surface area contributed by atoms with Crippen LogP contribution < -0.4 is 0 Å². The molecule has 0 spiro atoms. The van der Waals surface area contributed by atoms with Gasteiger partial charge < -0.3 is 4.90 Å². The lowest BCUT2D eigenvalue weighted by Crippen LogP contribution is -2.32. The topological polar surface area (TPSA) is 20.3 Å². The lowest BCUT2D eigenvalue weighted by atomic mass is 10.2. The molecule has 86 valence electrons. The maximum absolute atomic E-state index is 12.2. The largest absolute Gasteiger partial charge is 0.336 e. The lowest BCUT2D eigenvalue weighted by Gasteiger charge is -2.20. The number of hydrogen-bond donors (Lipinski definition) is 0. The Bertz CT molecular complexity index is 415. The Labute approximate surface area is 105 Å². The quantitative estimate of drug-likeness (QED) is 0.810. The molecule has 4 heteroatoms. The third kappa shape index (κ3) is 2.33. The van der Waals surface area contributed by atoms with E-state index >= 15 is 0 Å². The second-order valence-electron chi connectivity index (χ2n) is 3.95. The minimum absolute atomic E-state index is 0.00617. The molecule has 16 heavy (non-hydrogen) atoms. The first kappa shape index (κ1) is 11.7. The summed E-state index contributed by atoms with van der Waals surface area (Å²) in [5.74, 6) is 0.00617. The highest BCUT2D eigenvalue weighted by molar-refractivity contribution is 6.36. The summed E-state index contributed by atoms with van der Waals surface area (Å²) in [4.78, 5) is 14.1. The standard InChI is InChI=1S/C12H13Cl2NO/c1-2-15(9-4-5-9)12(16)10-6-3-8(13)7-11(10)14/h3,6-7,9H,2,4-5H2,1H3. The first-order valence-electron chi connectivity index (χ1n) is 5.39. The summed E-state index contributed by atoms with van der Waals surface area (Å²) in [6, 6.07) is 5.40. The second-order valence-corrected chi connectivity index (χ2v) is 4.79. The third-order valence-corrected chi connectivity index (χ3v) is 3.30. The smallest absolute Gasteiger partial charge is 0.255 e. The highest BCUT2D eigenvalue weighted by Gasteiger charge is 2.32. The molecule has 2 nitrogen and oxygen atoms in total. The highest BCUT2D eigenvalue weighted by Crippen LogP contribution is 2.30. The van der Waals surface area contributed by atoms with E-state index in [2.05, 4.69) is 0 Å². The SMILES string of the molecule is CCN(C(=O)c1ccc(Cl)cc1Cl)C1CC1. The summed E-state index contributed by atoms with van der Waals surface area (Å²) in [6.07, 6.45) is 2.20. The van der Waals surface area contributed by atoms with Crippen molar-refractivity contribution in [1.29, 1.82) is 0 Å². The van der Waals surface area contributed by atoms with Gasteiger partial charge in [-0.05, 0) is 38.0 Å². The summed E-state index contributed by atoms with van der Waals surface area (Å²) >= 11 is 11.8. The molecule has 0 radical (unpaired) electrons. The first-order valence-corrected chi connectivity index (χ1v) is 6.15. The van der Waals surface area contributed by atoms with Gasteiger partial charge in [0.25, 0.3) is 5.91 Å². The Morgan fingerprint density at radius 1 is 1.44 bits per heavy atom. The molecule has 1 aliphatic rings. The molecule has 0 aromatic heterocycles. The van der Waals surface area contributed by atoms with Crippen molar-refractivity contribution in [3.8, 4) is 0 Å². The van der Waals surface area contributed by atoms with E-state index in [1.807, 2.05) is 11.8 Å². The fraction of sp³-hybridized carbons (Fsp3) is 0.417. The number of benzene rings is 1. The molecule has 2 rings (SSSR count). The molecule has 0 atom stereocenters. The lowest BCUT2D eigenvalue weighted by molar-refractivity contribution is 0.0753. The van der Waals surface area contributed by atoms with E-state index in [9.17, 15) is 4.79 Å². The average Bonchev–Trinajstić information content (AvgIpc) is 3.02. The number of nitrogens with zero attached hydrogens (tertiary/aromatic N) is 1. The minimum atomic E-state index is 0.00617. The number of halogens is 2. The van der Waals surface area contributed by atoms with Crippen molar-refractivity contribution in [2.45, 2.75) is 25.8 Å². The van der Waals surface area contributed by atoms with Gasteiger partial charge in [0.1, 0.15) is 0 Å². The molecule has 0 bridgehead atoms. The Morgan fingerprint density at radius 2 is 2.12 bits per heavy atom. The number of carbonyl (C=O) groups excluding carboxylic acids is 1. The van der Waals surface area contributed by atoms with E-state index in [0.717, 1.165) is 19.4 Å². The number of amides is 1. The fourth-order valence-corrected chi connectivity index (χ4v) is 2.26. The monoisotopic (exact) mass is 257 g/mol. The summed E-state index contributed by atoms with van der Waals surface area (Å²) in [5, 5.41) is 0.979. The summed E-state index contributed by atoms with van der Waals surface area (Å²) in [7, 11) is 0. The molecule has 1 aliphatic carbocycles. The van der Waals surface area contributed by atoms with Gasteiger partial charge in [-0.1, -0.05) is 23.2 Å². The van der Waals surface area contributed by atoms with Gasteiger partial charge in [0.05, 0.1) is 10.6 Å². The van der Waals surface area contributed by atoms with Crippen LogP contribution in [0.2, 0.25) is 10.0 Å². The van der Waals surface area contributed by atoms with Crippen LogP contribution in [0.5, 0.6) is 0 Å². The Kier molecular flexibility index (Phi) is 3.41. The third-order valence-electron chi connectivity index (χ3n) is 2.75. The molecule has 1 fully saturated rings. The van der Waals surface area contributed by atoms with Crippen LogP contribution in [0.3, 0.4) is 0 Å². The van der Waals surface area contributed by atoms with E-state index in [0.29, 0.717) is 21.7 Å². The van der Waals surface area contributed by atoms with Gasteiger partial charge in [0.2, 0.25) is 0 Å². The predicted octanol–water partition coefficient (Wildman–Crippen LogP) is 3.62. The average molecular weight is 258 g/mol. The number of hydrogen-bond acceptors (Lipinski definition) is 1. The Balaban J connectivity index is 2.25. The zero-order valence-electron chi connectivity index (χ0n) is 9.04. The molecule has 0 heterocycles. The van der Waals surface area contributed by atoms with Crippen LogP contribution in [-0.4, -0.2) is 23.4 Å². The first-order chi connectivity index (χ1) is 7.63. The van der Waals surface area contributed by atoms with Crippen molar-refractivity contribution in [2.24, 2.45) is 0 Å². The van der Waals surface area contributed by atoms with Crippen LogP contribution in [0.4, 0.5) is 0 Å². The second kappa shape index (κ2) is 4.64. The molecule has 0 N–H and O–H groups in total. The van der Waals surface area contributed by atoms with Gasteiger partial charge in [-0.15, -0.1) is 0 Å². The van der Waals surface area contributed by atoms with E-state index < -0.39 is 0 Å². The van der Waals surface area contributed by atoms with E-state index in [1.165, 1.54) is 0 Å². The van der Waals surface area contributed by atoms with Crippen LogP contribution in [0.25, 0.3) is 0 Å². The molecule has 1 aromatic carbocycles. The molecule has 0 unspecified atom stereocenters. The van der Waals surface area contributed by atoms with Crippen molar-refractivity contribution in [3.05, 3.63) is 33.8 Å². The molecule has 0 saturated heterocycles. The molecule has 0 aliphatic heterocycles. The van der Waals surface area contributed by atoms with Gasteiger partial charge in [-0.2, -0.15) is 0 Å². The molecular formula is C12H13Cl2NO. The van der Waals surface area contributed by atoms with Crippen LogP contribution in [0.15, 0.2) is 18.2 Å². The molecule has 1 aromatic rings.